The topological polar surface area (TPSA) is 53.7 Å². The van der Waals surface area contributed by atoms with E-state index >= 15 is 0 Å². The highest BCUT2D eigenvalue weighted by molar-refractivity contribution is 6.29. The number of hydrogen-bond donors (Lipinski definition) is 2. The molecule has 1 aromatic rings. The summed E-state index contributed by atoms with van der Waals surface area (Å²) in [5.41, 5.74) is 0.539. The highest BCUT2D eigenvalue weighted by Gasteiger charge is 2.05. The van der Waals surface area contributed by atoms with E-state index in [0.29, 0.717) is 5.69 Å². The highest BCUT2D eigenvalue weighted by atomic mass is 35.5. The van der Waals surface area contributed by atoms with E-state index in [0.717, 1.165) is 0 Å². The summed E-state index contributed by atoms with van der Waals surface area (Å²) in [4.78, 5) is 14.1. The SMILES string of the molecule is [C-]#[N+]c1ccc(O)c(NC(=O)CCl)c1. The molecule has 1 rings (SSSR count). The maximum atomic E-state index is 10.9. The first-order chi connectivity index (χ1) is 6.67. The van der Waals surface area contributed by atoms with Gasteiger partial charge in [-0.05, 0) is 12.1 Å². The average molecular weight is 211 g/mol. The number of hydrogen-bond acceptors (Lipinski definition) is 2. The highest BCUT2D eigenvalue weighted by Crippen LogP contribution is 2.27. The van der Waals surface area contributed by atoms with Gasteiger partial charge in [0.25, 0.3) is 0 Å². The lowest BCUT2D eigenvalue weighted by molar-refractivity contribution is -0.113. The summed E-state index contributed by atoms with van der Waals surface area (Å²) in [6, 6.07) is 4.18. The Labute approximate surface area is 85.9 Å². The third kappa shape index (κ3) is 2.38. The number of nitrogens with zero attached hydrogens (tertiary/aromatic N) is 1. The van der Waals surface area contributed by atoms with E-state index in [4.69, 9.17) is 18.2 Å². The number of phenolic OH excluding ortho intramolecular Hbond substituents is 1. The zero-order chi connectivity index (χ0) is 10.6. The van der Waals surface area contributed by atoms with Gasteiger partial charge in [-0.25, -0.2) is 4.85 Å². The van der Waals surface area contributed by atoms with Crippen molar-refractivity contribution in [3.63, 3.8) is 0 Å². The quantitative estimate of drug-likeness (QED) is 0.446. The van der Waals surface area contributed by atoms with Crippen LogP contribution in [0.2, 0.25) is 0 Å². The van der Waals surface area contributed by atoms with Gasteiger partial charge in [0.2, 0.25) is 5.91 Å². The van der Waals surface area contributed by atoms with Crippen LogP contribution in [0.1, 0.15) is 0 Å². The number of benzene rings is 1. The van der Waals surface area contributed by atoms with Crippen LogP contribution in [0, 0.1) is 6.57 Å². The van der Waals surface area contributed by atoms with Gasteiger partial charge in [0.05, 0.1) is 12.3 Å². The molecule has 0 radical (unpaired) electrons. The van der Waals surface area contributed by atoms with Crippen LogP contribution in [0.25, 0.3) is 4.85 Å². The Hall–Kier alpha value is -1.73. The molecule has 0 heterocycles. The summed E-state index contributed by atoms with van der Waals surface area (Å²) in [6.07, 6.45) is 0. The number of aromatic hydroxyl groups is 1. The monoisotopic (exact) mass is 210 g/mol. The summed E-state index contributed by atoms with van der Waals surface area (Å²) in [5, 5.41) is 11.7. The predicted octanol–water partition coefficient (Wildman–Crippen LogP) is 2.12. The minimum atomic E-state index is -0.427. The fourth-order valence-corrected chi connectivity index (χ4v) is 0.944. The smallest absolute Gasteiger partial charge is 0.239 e. The van der Waals surface area contributed by atoms with Crippen molar-refractivity contribution in [2.24, 2.45) is 0 Å². The molecule has 0 aliphatic carbocycles. The molecule has 14 heavy (non-hydrogen) atoms. The lowest BCUT2D eigenvalue weighted by Gasteiger charge is -2.05. The normalized spacial score (nSPS) is 9.14. The Bertz CT molecular complexity index is 398. The zero-order valence-corrected chi connectivity index (χ0v) is 7.88. The van der Waals surface area contributed by atoms with Crippen LogP contribution in [0.5, 0.6) is 5.75 Å². The molecule has 0 saturated heterocycles. The molecule has 0 spiro atoms. The standard InChI is InChI=1S/C9H7ClN2O2/c1-11-6-2-3-8(13)7(4-6)12-9(14)5-10/h2-4,13H,5H2,(H,12,14). The summed E-state index contributed by atoms with van der Waals surface area (Å²) >= 11 is 5.27. The molecule has 0 aromatic heterocycles. The first-order valence-corrected chi connectivity index (χ1v) is 4.27. The van der Waals surface area contributed by atoms with E-state index in [1.807, 2.05) is 0 Å². The average Bonchev–Trinajstić information content (AvgIpc) is 2.21. The molecule has 0 aliphatic heterocycles. The minimum Gasteiger partial charge on any atom is -0.506 e. The van der Waals surface area contributed by atoms with Crippen molar-refractivity contribution in [1.82, 2.24) is 0 Å². The van der Waals surface area contributed by atoms with E-state index in [1.54, 1.807) is 0 Å². The maximum absolute atomic E-state index is 10.9. The number of alkyl halides is 1. The third-order valence-corrected chi connectivity index (χ3v) is 1.75. The molecular weight excluding hydrogens is 204 g/mol. The van der Waals surface area contributed by atoms with Crippen molar-refractivity contribution in [3.8, 4) is 5.75 Å². The number of anilines is 1. The lowest BCUT2D eigenvalue weighted by Crippen LogP contribution is -2.12. The second-order valence-corrected chi connectivity index (χ2v) is 2.76. The van der Waals surface area contributed by atoms with E-state index < -0.39 is 5.91 Å². The first kappa shape index (κ1) is 10.4. The van der Waals surface area contributed by atoms with Crippen LogP contribution in [0.15, 0.2) is 18.2 Å². The van der Waals surface area contributed by atoms with E-state index in [-0.39, 0.29) is 17.3 Å². The van der Waals surface area contributed by atoms with Gasteiger partial charge in [-0.2, -0.15) is 0 Å². The van der Waals surface area contributed by atoms with Gasteiger partial charge in [0.1, 0.15) is 11.6 Å². The fourth-order valence-electron chi connectivity index (χ4n) is 0.877. The Morgan fingerprint density at radius 3 is 2.93 bits per heavy atom. The van der Waals surface area contributed by atoms with E-state index in [9.17, 15) is 9.90 Å². The molecular formula is C9H7ClN2O2. The van der Waals surface area contributed by atoms with Crippen LogP contribution in [-0.4, -0.2) is 16.9 Å². The predicted molar refractivity (Wildman–Crippen MR) is 53.7 cm³/mol. The Balaban J connectivity index is 2.96. The van der Waals surface area contributed by atoms with Crippen LogP contribution in [0.3, 0.4) is 0 Å². The minimum absolute atomic E-state index is 0.0872. The molecule has 5 heteroatoms. The Morgan fingerprint density at radius 2 is 2.36 bits per heavy atom. The number of nitrogens with one attached hydrogen (secondary N) is 1. The second kappa shape index (κ2) is 4.49. The summed E-state index contributed by atoms with van der Waals surface area (Å²) in [7, 11) is 0. The first-order valence-electron chi connectivity index (χ1n) is 3.73. The van der Waals surface area contributed by atoms with Crippen molar-refractivity contribution in [3.05, 3.63) is 29.6 Å². The largest absolute Gasteiger partial charge is 0.506 e. The molecule has 0 saturated carbocycles. The van der Waals surface area contributed by atoms with Crippen molar-refractivity contribution >= 4 is 28.9 Å². The molecule has 2 N–H and O–H groups in total. The van der Waals surface area contributed by atoms with Crippen molar-refractivity contribution in [1.29, 1.82) is 0 Å². The third-order valence-electron chi connectivity index (χ3n) is 1.50. The fraction of sp³-hybridized carbons (Fsp3) is 0.111. The molecule has 0 atom stereocenters. The van der Waals surface area contributed by atoms with Crippen molar-refractivity contribution in [2.45, 2.75) is 0 Å². The molecule has 0 bridgehead atoms. The van der Waals surface area contributed by atoms with E-state index in [1.165, 1.54) is 18.2 Å². The lowest BCUT2D eigenvalue weighted by atomic mass is 10.2. The molecule has 0 unspecified atom stereocenters. The van der Waals surface area contributed by atoms with Gasteiger partial charge in [-0.15, -0.1) is 11.6 Å². The number of amides is 1. The molecule has 72 valence electrons. The van der Waals surface area contributed by atoms with Crippen molar-refractivity contribution < 1.29 is 9.90 Å². The number of halogens is 1. The van der Waals surface area contributed by atoms with E-state index in [2.05, 4.69) is 10.2 Å². The molecule has 4 nitrogen and oxygen atoms in total. The Kier molecular flexibility index (Phi) is 3.32. The second-order valence-electron chi connectivity index (χ2n) is 2.50. The van der Waals surface area contributed by atoms with Crippen LogP contribution in [-0.2, 0) is 4.79 Å². The maximum Gasteiger partial charge on any atom is 0.239 e. The van der Waals surface area contributed by atoms with Gasteiger partial charge in [0.15, 0.2) is 5.69 Å². The van der Waals surface area contributed by atoms with Gasteiger partial charge < -0.3 is 10.4 Å². The molecule has 0 fully saturated rings. The number of carbonyl (C=O) groups excluding carboxylic acids is 1. The van der Waals surface area contributed by atoms with Gasteiger partial charge >= 0.3 is 0 Å². The number of phenols is 1. The van der Waals surface area contributed by atoms with Gasteiger partial charge in [0, 0.05) is 0 Å². The summed E-state index contributed by atoms with van der Waals surface area (Å²) in [6.45, 7) is 6.74. The number of rotatable bonds is 2. The summed E-state index contributed by atoms with van der Waals surface area (Å²) in [5.74, 6) is -0.707. The van der Waals surface area contributed by atoms with Crippen LogP contribution in [0.4, 0.5) is 11.4 Å². The van der Waals surface area contributed by atoms with Crippen molar-refractivity contribution in [2.75, 3.05) is 11.2 Å². The van der Waals surface area contributed by atoms with Gasteiger partial charge in [-0.1, -0.05) is 6.07 Å². The van der Waals surface area contributed by atoms with Crippen LogP contribution < -0.4 is 5.32 Å². The number of carbonyl (C=O) groups is 1. The zero-order valence-electron chi connectivity index (χ0n) is 7.12. The Morgan fingerprint density at radius 1 is 1.64 bits per heavy atom. The molecule has 1 aromatic carbocycles. The van der Waals surface area contributed by atoms with Gasteiger partial charge in [-0.3, -0.25) is 4.79 Å². The summed E-state index contributed by atoms with van der Waals surface area (Å²) < 4.78 is 0. The molecule has 0 aliphatic rings. The van der Waals surface area contributed by atoms with Crippen LogP contribution >= 0.6 is 11.6 Å². The molecule has 1 amide bonds.